The molecule has 0 spiro atoms. The van der Waals surface area contributed by atoms with Crippen molar-refractivity contribution in [2.75, 3.05) is 0 Å². The van der Waals surface area contributed by atoms with Crippen LogP contribution >= 0.6 is 0 Å². The summed E-state index contributed by atoms with van der Waals surface area (Å²) in [5.74, 6) is 0. The van der Waals surface area contributed by atoms with E-state index in [1.807, 2.05) is 26.0 Å². The van der Waals surface area contributed by atoms with Crippen LogP contribution in [0.25, 0.3) is 0 Å². The molecule has 4 N–H and O–H groups in total. The van der Waals surface area contributed by atoms with Gasteiger partial charge in [0.15, 0.2) is 0 Å². The zero-order chi connectivity index (χ0) is 14.7. The summed E-state index contributed by atoms with van der Waals surface area (Å²) in [5.41, 5.74) is 2.86. The maximum atomic E-state index is 11.8. The van der Waals surface area contributed by atoms with E-state index in [4.69, 9.17) is 0 Å². The summed E-state index contributed by atoms with van der Waals surface area (Å²) < 4.78 is 34.2. The monoisotopic (exact) mass is 301 g/mol. The number of hydrogen-bond acceptors (Lipinski definition) is 3. The molecule has 0 aliphatic heterocycles. The summed E-state index contributed by atoms with van der Waals surface area (Å²) in [4.78, 5) is 0. The zero-order valence-corrected chi connectivity index (χ0v) is 14.0. The lowest BCUT2D eigenvalue weighted by Gasteiger charge is -2.37. The predicted octanol–water partition coefficient (Wildman–Crippen LogP) is 3.75. The van der Waals surface area contributed by atoms with Gasteiger partial charge in [0.05, 0.1) is 4.75 Å². The summed E-state index contributed by atoms with van der Waals surface area (Å²) in [7, 11) is -4.39. The van der Waals surface area contributed by atoms with Crippen molar-refractivity contribution in [3.63, 3.8) is 0 Å². The molecule has 20 heavy (non-hydrogen) atoms. The van der Waals surface area contributed by atoms with E-state index in [0.717, 1.165) is 24.0 Å². The van der Waals surface area contributed by atoms with E-state index >= 15 is 0 Å². The minimum Gasteiger partial charge on any atom is -0.747 e. The van der Waals surface area contributed by atoms with Gasteiger partial charge in [-0.2, -0.15) is 0 Å². The molecule has 1 aromatic rings. The third-order valence-electron chi connectivity index (χ3n) is 4.12. The molecule has 0 aliphatic carbocycles. The molecule has 0 saturated heterocycles. The Morgan fingerprint density at radius 3 is 1.95 bits per heavy atom. The van der Waals surface area contributed by atoms with Gasteiger partial charge in [0.2, 0.25) is 0 Å². The lowest BCUT2D eigenvalue weighted by molar-refractivity contribution is 0.396. The largest absolute Gasteiger partial charge is 0.747 e. The van der Waals surface area contributed by atoms with Gasteiger partial charge in [0, 0.05) is 0 Å². The number of aryl methyl sites for hydroxylation is 1. The molecule has 116 valence electrons. The van der Waals surface area contributed by atoms with Gasteiger partial charge in [-0.15, -0.1) is 0 Å². The fraction of sp³-hybridized carbons (Fsp3) is 0.600. The summed E-state index contributed by atoms with van der Waals surface area (Å²) in [6.07, 6.45) is 2.22. The Morgan fingerprint density at radius 2 is 1.60 bits per heavy atom. The highest BCUT2D eigenvalue weighted by atomic mass is 32.2. The summed E-state index contributed by atoms with van der Waals surface area (Å²) in [6, 6.07) is 5.68. The highest BCUT2D eigenvalue weighted by molar-refractivity contribution is 7.86. The molecule has 0 aliphatic rings. The topological polar surface area (TPSA) is 93.7 Å². The zero-order valence-electron chi connectivity index (χ0n) is 13.2. The van der Waals surface area contributed by atoms with Crippen molar-refractivity contribution in [1.82, 2.24) is 6.15 Å². The van der Waals surface area contributed by atoms with Crippen LogP contribution in [0.1, 0.15) is 57.2 Å². The maximum absolute atomic E-state index is 11.8. The van der Waals surface area contributed by atoms with Crippen molar-refractivity contribution in [1.29, 1.82) is 0 Å². The van der Waals surface area contributed by atoms with Gasteiger partial charge in [-0.25, -0.2) is 8.42 Å². The van der Waals surface area contributed by atoms with Crippen molar-refractivity contribution in [3.05, 3.63) is 34.9 Å². The molecular formula is C15H27NO3S. The first-order valence-corrected chi connectivity index (χ1v) is 8.35. The van der Waals surface area contributed by atoms with Crippen molar-refractivity contribution in [2.24, 2.45) is 0 Å². The second-order valence-electron chi connectivity index (χ2n) is 4.81. The van der Waals surface area contributed by atoms with Crippen molar-refractivity contribution < 1.29 is 13.0 Å². The van der Waals surface area contributed by atoms with E-state index in [1.165, 1.54) is 0 Å². The molecule has 0 bridgehead atoms. The van der Waals surface area contributed by atoms with Gasteiger partial charge < -0.3 is 10.7 Å². The first-order valence-electron chi connectivity index (χ1n) is 6.94. The van der Waals surface area contributed by atoms with Gasteiger partial charge in [-0.3, -0.25) is 0 Å². The summed E-state index contributed by atoms with van der Waals surface area (Å²) in [6.45, 7) is 7.60. The van der Waals surface area contributed by atoms with E-state index in [2.05, 4.69) is 0 Å². The number of rotatable bonds is 6. The van der Waals surface area contributed by atoms with Crippen LogP contribution < -0.4 is 6.15 Å². The van der Waals surface area contributed by atoms with Crippen LogP contribution in [0.2, 0.25) is 0 Å². The van der Waals surface area contributed by atoms with Crippen LogP contribution in [0.15, 0.2) is 18.2 Å². The van der Waals surface area contributed by atoms with E-state index in [0.29, 0.717) is 18.4 Å². The summed E-state index contributed by atoms with van der Waals surface area (Å²) in [5, 5.41) is 0. The lowest BCUT2D eigenvalue weighted by Crippen LogP contribution is -2.35. The minimum absolute atomic E-state index is 0. The highest BCUT2D eigenvalue weighted by Crippen LogP contribution is 2.39. The van der Waals surface area contributed by atoms with E-state index in [9.17, 15) is 13.0 Å². The third kappa shape index (κ3) is 3.05. The van der Waals surface area contributed by atoms with Gasteiger partial charge in [0.1, 0.15) is 10.1 Å². The Bertz CT molecular complexity index is 534. The van der Waals surface area contributed by atoms with Crippen LogP contribution in [0.3, 0.4) is 0 Å². The Balaban J connectivity index is 0.00000361. The molecule has 0 saturated carbocycles. The normalized spacial score (nSPS) is 12.1. The Morgan fingerprint density at radius 1 is 1.05 bits per heavy atom. The quantitative estimate of drug-likeness (QED) is 0.811. The fourth-order valence-electron chi connectivity index (χ4n) is 2.93. The van der Waals surface area contributed by atoms with Gasteiger partial charge in [0.25, 0.3) is 0 Å². The SMILES string of the molecule is CCc1cccc(C(CC)(CC)S(=O)(=O)[O-])c1CC.[NH4+]. The number of hydrogen-bond donors (Lipinski definition) is 1. The molecule has 5 heteroatoms. The van der Waals surface area contributed by atoms with Crippen LogP contribution in [0, 0.1) is 0 Å². The number of quaternary nitrogens is 1. The van der Waals surface area contributed by atoms with Gasteiger partial charge in [-0.1, -0.05) is 45.9 Å². The van der Waals surface area contributed by atoms with Gasteiger partial charge >= 0.3 is 0 Å². The molecule has 1 rings (SSSR count). The predicted molar refractivity (Wildman–Crippen MR) is 83.1 cm³/mol. The molecule has 0 radical (unpaired) electrons. The second-order valence-corrected chi connectivity index (χ2v) is 6.50. The van der Waals surface area contributed by atoms with Crippen molar-refractivity contribution >= 4 is 10.1 Å². The van der Waals surface area contributed by atoms with Crippen LogP contribution in [-0.4, -0.2) is 13.0 Å². The molecule has 0 unspecified atom stereocenters. The number of benzene rings is 1. The second kappa shape index (κ2) is 7.20. The standard InChI is InChI=1S/C15H24O3S.H3N/c1-5-12-10-9-11-14(13(12)6-2)15(7-3,8-4)19(16,17)18;/h9-11H,5-8H2,1-4H3,(H,16,17,18);1H3. The van der Waals surface area contributed by atoms with Crippen LogP contribution in [0.5, 0.6) is 0 Å². The van der Waals surface area contributed by atoms with Crippen molar-refractivity contribution in [3.8, 4) is 0 Å². The molecule has 0 amide bonds. The average Bonchev–Trinajstić information content (AvgIpc) is 2.38. The molecule has 0 heterocycles. The molecule has 4 nitrogen and oxygen atoms in total. The smallest absolute Gasteiger partial charge is 0.105 e. The van der Waals surface area contributed by atoms with Crippen LogP contribution in [0.4, 0.5) is 0 Å². The molecule has 1 aromatic carbocycles. The molecule has 0 atom stereocenters. The van der Waals surface area contributed by atoms with Crippen LogP contribution in [-0.2, 0) is 27.7 Å². The first kappa shape index (κ1) is 19.1. The lowest BCUT2D eigenvalue weighted by atomic mass is 9.85. The maximum Gasteiger partial charge on any atom is 0.105 e. The highest BCUT2D eigenvalue weighted by Gasteiger charge is 2.37. The van der Waals surface area contributed by atoms with E-state index in [-0.39, 0.29) is 6.15 Å². The van der Waals surface area contributed by atoms with E-state index in [1.54, 1.807) is 19.9 Å². The Labute approximate surface area is 122 Å². The Hall–Kier alpha value is -0.910. The van der Waals surface area contributed by atoms with Crippen molar-refractivity contribution in [2.45, 2.75) is 58.1 Å². The van der Waals surface area contributed by atoms with E-state index < -0.39 is 14.9 Å². The summed E-state index contributed by atoms with van der Waals surface area (Å²) >= 11 is 0. The van der Waals surface area contributed by atoms with Gasteiger partial charge in [-0.05, 0) is 42.4 Å². The molecule has 0 fully saturated rings. The molecular weight excluding hydrogens is 274 g/mol. The molecule has 0 aromatic heterocycles. The third-order valence-corrected chi connectivity index (χ3v) is 5.87. The Kier molecular flexibility index (Phi) is 6.87. The minimum atomic E-state index is -4.39. The fourth-order valence-corrected chi connectivity index (χ4v) is 4.10. The first-order chi connectivity index (χ1) is 8.87. The average molecular weight is 301 g/mol.